The van der Waals surface area contributed by atoms with Gasteiger partial charge in [-0.1, -0.05) is 54.2 Å². The van der Waals surface area contributed by atoms with Crippen LogP contribution in [0, 0.1) is 6.92 Å². The van der Waals surface area contributed by atoms with Crippen LogP contribution in [0.4, 0.5) is 5.82 Å². The predicted molar refractivity (Wildman–Crippen MR) is 108 cm³/mol. The van der Waals surface area contributed by atoms with E-state index in [9.17, 15) is 0 Å². The maximum absolute atomic E-state index is 6.42. The molecule has 0 aliphatic heterocycles. The number of fused-ring (bicyclic) bond motifs is 1. The zero-order valence-corrected chi connectivity index (χ0v) is 15.9. The van der Waals surface area contributed by atoms with E-state index in [1.165, 1.54) is 5.56 Å². The second-order valence-electron chi connectivity index (χ2n) is 6.07. The molecule has 0 atom stereocenters. The van der Waals surface area contributed by atoms with Gasteiger partial charge in [0.1, 0.15) is 11.6 Å². The molecular formula is C20H19N5OS. The quantitative estimate of drug-likeness (QED) is 0.530. The van der Waals surface area contributed by atoms with E-state index < -0.39 is 0 Å². The van der Waals surface area contributed by atoms with Crippen LogP contribution in [-0.2, 0) is 5.75 Å². The molecule has 0 amide bonds. The van der Waals surface area contributed by atoms with Crippen molar-refractivity contribution in [1.82, 2.24) is 19.6 Å². The highest BCUT2D eigenvalue weighted by Crippen LogP contribution is 2.31. The van der Waals surface area contributed by atoms with E-state index in [1.807, 2.05) is 49.4 Å². The van der Waals surface area contributed by atoms with Gasteiger partial charge in [0.25, 0.3) is 5.78 Å². The van der Waals surface area contributed by atoms with E-state index in [4.69, 9.17) is 10.5 Å². The number of hydrogen-bond donors (Lipinski definition) is 1. The van der Waals surface area contributed by atoms with Crippen molar-refractivity contribution in [2.24, 2.45) is 0 Å². The fourth-order valence-corrected chi connectivity index (χ4v) is 3.69. The SMILES string of the molecule is COc1ccc(-c2c(C)nc3nc(SCc4ccccc4)nn3c2N)cc1. The largest absolute Gasteiger partial charge is 0.497 e. The van der Waals surface area contributed by atoms with Gasteiger partial charge in [0.05, 0.1) is 12.8 Å². The fourth-order valence-electron chi connectivity index (χ4n) is 2.91. The summed E-state index contributed by atoms with van der Waals surface area (Å²) in [5.74, 6) is 2.63. The summed E-state index contributed by atoms with van der Waals surface area (Å²) >= 11 is 1.57. The number of thioether (sulfide) groups is 1. The molecular weight excluding hydrogens is 358 g/mol. The predicted octanol–water partition coefficient (Wildman–Crippen LogP) is 3.98. The lowest BCUT2D eigenvalue weighted by Gasteiger charge is -2.10. The molecule has 0 aliphatic carbocycles. The molecule has 136 valence electrons. The third kappa shape index (κ3) is 3.46. The molecule has 0 aliphatic rings. The number of anilines is 1. The molecule has 2 aromatic carbocycles. The summed E-state index contributed by atoms with van der Waals surface area (Å²) in [5.41, 5.74) is 10.3. The van der Waals surface area contributed by atoms with E-state index in [2.05, 4.69) is 27.2 Å². The lowest BCUT2D eigenvalue weighted by atomic mass is 10.0. The van der Waals surface area contributed by atoms with Crippen LogP contribution >= 0.6 is 11.8 Å². The molecule has 6 nitrogen and oxygen atoms in total. The van der Waals surface area contributed by atoms with Crippen LogP contribution < -0.4 is 10.5 Å². The van der Waals surface area contributed by atoms with Gasteiger partial charge in [-0.2, -0.15) is 9.50 Å². The Morgan fingerprint density at radius 2 is 1.78 bits per heavy atom. The van der Waals surface area contributed by atoms with Gasteiger partial charge in [-0.15, -0.1) is 5.10 Å². The average molecular weight is 377 g/mol. The Kier molecular flexibility index (Phi) is 4.68. The first-order valence-electron chi connectivity index (χ1n) is 8.49. The molecule has 0 saturated carbocycles. The minimum Gasteiger partial charge on any atom is -0.497 e. The highest BCUT2D eigenvalue weighted by molar-refractivity contribution is 7.98. The van der Waals surface area contributed by atoms with Gasteiger partial charge in [0.2, 0.25) is 5.16 Å². The van der Waals surface area contributed by atoms with Crippen LogP contribution in [-0.4, -0.2) is 26.7 Å². The van der Waals surface area contributed by atoms with Gasteiger partial charge >= 0.3 is 0 Å². The molecule has 0 spiro atoms. The monoisotopic (exact) mass is 377 g/mol. The normalized spacial score (nSPS) is 11.0. The van der Waals surface area contributed by atoms with Crippen LogP contribution in [0.2, 0.25) is 0 Å². The smallest absolute Gasteiger partial charge is 0.255 e. The number of hydrogen-bond acceptors (Lipinski definition) is 6. The average Bonchev–Trinajstić information content (AvgIpc) is 3.11. The third-order valence-electron chi connectivity index (χ3n) is 4.27. The van der Waals surface area contributed by atoms with Crippen molar-refractivity contribution in [1.29, 1.82) is 0 Å². The van der Waals surface area contributed by atoms with Crippen molar-refractivity contribution in [3.63, 3.8) is 0 Å². The Morgan fingerprint density at radius 3 is 2.48 bits per heavy atom. The molecule has 27 heavy (non-hydrogen) atoms. The van der Waals surface area contributed by atoms with Gasteiger partial charge in [0.15, 0.2) is 0 Å². The van der Waals surface area contributed by atoms with Gasteiger partial charge in [-0.25, -0.2) is 4.98 Å². The Hall–Kier alpha value is -3.06. The maximum atomic E-state index is 6.42. The third-order valence-corrected chi connectivity index (χ3v) is 5.18. The number of rotatable bonds is 5. The summed E-state index contributed by atoms with van der Waals surface area (Å²) < 4.78 is 6.84. The first-order chi connectivity index (χ1) is 13.2. The first-order valence-corrected chi connectivity index (χ1v) is 9.48. The number of aromatic nitrogens is 4. The molecule has 2 N–H and O–H groups in total. The molecule has 0 saturated heterocycles. The van der Waals surface area contributed by atoms with Crippen molar-refractivity contribution in [2.45, 2.75) is 17.8 Å². The van der Waals surface area contributed by atoms with E-state index in [-0.39, 0.29) is 0 Å². The maximum Gasteiger partial charge on any atom is 0.255 e. The number of benzene rings is 2. The topological polar surface area (TPSA) is 78.3 Å². The van der Waals surface area contributed by atoms with E-state index in [0.29, 0.717) is 16.8 Å². The lowest BCUT2D eigenvalue weighted by Crippen LogP contribution is -2.05. The van der Waals surface area contributed by atoms with Gasteiger partial charge in [0, 0.05) is 11.3 Å². The summed E-state index contributed by atoms with van der Waals surface area (Å²) in [5, 5.41) is 5.20. The molecule has 0 unspecified atom stereocenters. The minimum absolute atomic E-state index is 0.512. The first kappa shape index (κ1) is 17.4. The number of methoxy groups -OCH3 is 1. The van der Waals surface area contributed by atoms with Crippen molar-refractivity contribution in [2.75, 3.05) is 12.8 Å². The zero-order chi connectivity index (χ0) is 18.8. The van der Waals surface area contributed by atoms with Crippen LogP contribution in [0.5, 0.6) is 5.75 Å². The van der Waals surface area contributed by atoms with E-state index in [1.54, 1.807) is 23.4 Å². The second kappa shape index (κ2) is 7.28. The molecule has 2 heterocycles. The van der Waals surface area contributed by atoms with Gasteiger partial charge < -0.3 is 10.5 Å². The van der Waals surface area contributed by atoms with Crippen LogP contribution in [0.15, 0.2) is 59.8 Å². The summed E-state index contributed by atoms with van der Waals surface area (Å²) in [6.45, 7) is 1.93. The van der Waals surface area contributed by atoms with Crippen molar-refractivity contribution >= 4 is 23.4 Å². The minimum atomic E-state index is 0.512. The number of ether oxygens (including phenoxy) is 1. The van der Waals surface area contributed by atoms with Gasteiger partial charge in [-0.05, 0) is 30.2 Å². The van der Waals surface area contributed by atoms with Crippen LogP contribution in [0.1, 0.15) is 11.3 Å². The molecule has 0 bridgehead atoms. The van der Waals surface area contributed by atoms with Crippen LogP contribution in [0.3, 0.4) is 0 Å². The Balaban J connectivity index is 1.68. The molecule has 7 heteroatoms. The van der Waals surface area contributed by atoms with Crippen molar-refractivity contribution in [3.05, 3.63) is 65.9 Å². The van der Waals surface area contributed by atoms with Crippen molar-refractivity contribution < 1.29 is 4.74 Å². The lowest BCUT2D eigenvalue weighted by molar-refractivity contribution is 0.415. The fraction of sp³-hybridized carbons (Fsp3) is 0.150. The molecule has 2 aromatic heterocycles. The second-order valence-corrected chi connectivity index (χ2v) is 7.01. The van der Waals surface area contributed by atoms with Crippen molar-refractivity contribution in [3.8, 4) is 16.9 Å². The number of nitrogens with zero attached hydrogens (tertiary/aromatic N) is 4. The van der Waals surface area contributed by atoms with Crippen LogP contribution in [0.25, 0.3) is 16.9 Å². The Labute approximate surface area is 161 Å². The molecule has 0 fully saturated rings. The number of nitrogen functional groups attached to an aromatic ring is 1. The Bertz CT molecular complexity index is 1080. The summed E-state index contributed by atoms with van der Waals surface area (Å²) in [4.78, 5) is 9.11. The van der Waals surface area contributed by atoms with Gasteiger partial charge in [-0.3, -0.25) is 0 Å². The summed E-state index contributed by atoms with van der Waals surface area (Å²) in [6.07, 6.45) is 0. The molecule has 4 aromatic rings. The number of aryl methyl sites for hydroxylation is 1. The molecule has 4 rings (SSSR count). The van der Waals surface area contributed by atoms with E-state index >= 15 is 0 Å². The molecule has 0 radical (unpaired) electrons. The highest BCUT2D eigenvalue weighted by Gasteiger charge is 2.16. The summed E-state index contributed by atoms with van der Waals surface area (Å²) in [7, 11) is 1.65. The Morgan fingerprint density at radius 1 is 1.04 bits per heavy atom. The highest BCUT2D eigenvalue weighted by atomic mass is 32.2. The standard InChI is InChI=1S/C20H19N5OS/c1-13-17(15-8-10-16(26-2)11-9-15)18(21)25-19(22-13)23-20(24-25)27-12-14-6-4-3-5-7-14/h3-11H,12,21H2,1-2H3. The zero-order valence-electron chi connectivity index (χ0n) is 15.1. The summed E-state index contributed by atoms with van der Waals surface area (Å²) in [6, 6.07) is 18.0. The number of nitrogens with two attached hydrogens (primary N) is 1. The van der Waals surface area contributed by atoms with E-state index in [0.717, 1.165) is 28.3 Å².